The van der Waals surface area contributed by atoms with Gasteiger partial charge in [-0.2, -0.15) is 11.8 Å². The summed E-state index contributed by atoms with van der Waals surface area (Å²) >= 11 is 1.97. The number of hydrogen-bond donors (Lipinski definition) is 2. The maximum Gasteiger partial charge on any atom is 0.191 e. The van der Waals surface area contributed by atoms with Crippen molar-refractivity contribution in [2.45, 2.75) is 44.0 Å². The van der Waals surface area contributed by atoms with E-state index in [2.05, 4.69) is 50.5 Å². The molecule has 1 saturated carbocycles. The summed E-state index contributed by atoms with van der Waals surface area (Å²) in [6, 6.07) is 6.69. The summed E-state index contributed by atoms with van der Waals surface area (Å²) in [6.45, 7) is 2.77. The molecule has 0 aromatic carbocycles. The monoisotopic (exact) mass is 331 g/mol. The highest BCUT2D eigenvalue weighted by Gasteiger charge is 2.24. The Morgan fingerprint density at radius 3 is 3.00 bits per heavy atom. The van der Waals surface area contributed by atoms with Gasteiger partial charge in [-0.1, -0.05) is 6.07 Å². The fourth-order valence-corrected chi connectivity index (χ4v) is 3.93. The van der Waals surface area contributed by atoms with E-state index >= 15 is 0 Å². The Labute approximate surface area is 142 Å². The van der Waals surface area contributed by atoms with Gasteiger partial charge in [0.1, 0.15) is 5.65 Å². The number of nitrogens with zero attached hydrogens (tertiary/aromatic N) is 3. The summed E-state index contributed by atoms with van der Waals surface area (Å²) in [6.07, 6.45) is 8.02. The van der Waals surface area contributed by atoms with E-state index in [0.717, 1.165) is 22.6 Å². The van der Waals surface area contributed by atoms with Crippen LogP contribution in [-0.4, -0.2) is 39.9 Å². The van der Waals surface area contributed by atoms with Crippen LogP contribution < -0.4 is 10.6 Å². The maximum atomic E-state index is 4.65. The molecule has 0 aliphatic heterocycles. The van der Waals surface area contributed by atoms with E-state index in [0.29, 0.717) is 12.6 Å². The summed E-state index contributed by atoms with van der Waals surface area (Å²) in [4.78, 5) is 8.99. The Morgan fingerprint density at radius 1 is 1.43 bits per heavy atom. The lowest BCUT2D eigenvalue weighted by atomic mass is 10.2. The van der Waals surface area contributed by atoms with E-state index in [1.807, 2.05) is 30.9 Å². The van der Waals surface area contributed by atoms with Gasteiger partial charge in [0.05, 0.1) is 12.2 Å². The zero-order valence-corrected chi connectivity index (χ0v) is 14.9. The number of pyridine rings is 1. The predicted molar refractivity (Wildman–Crippen MR) is 98.2 cm³/mol. The van der Waals surface area contributed by atoms with Crippen LogP contribution in [0.4, 0.5) is 0 Å². The first-order valence-electron chi connectivity index (χ1n) is 8.13. The average molecular weight is 331 g/mol. The molecule has 0 bridgehead atoms. The number of hydrogen-bond acceptors (Lipinski definition) is 3. The van der Waals surface area contributed by atoms with E-state index in [4.69, 9.17) is 0 Å². The Hall–Kier alpha value is -1.69. The molecule has 124 valence electrons. The fraction of sp³-hybridized carbons (Fsp3) is 0.529. The van der Waals surface area contributed by atoms with Gasteiger partial charge in [-0.15, -0.1) is 0 Å². The minimum Gasteiger partial charge on any atom is -0.354 e. The van der Waals surface area contributed by atoms with Gasteiger partial charge in [0, 0.05) is 30.2 Å². The molecule has 2 aromatic rings. The van der Waals surface area contributed by atoms with Crippen molar-refractivity contribution in [1.82, 2.24) is 20.0 Å². The number of imidazole rings is 1. The third-order valence-electron chi connectivity index (χ3n) is 4.47. The topological polar surface area (TPSA) is 53.7 Å². The minimum atomic E-state index is 0.530. The first kappa shape index (κ1) is 16.2. The quantitative estimate of drug-likeness (QED) is 0.668. The second kappa shape index (κ2) is 7.25. The van der Waals surface area contributed by atoms with Gasteiger partial charge in [0.15, 0.2) is 5.96 Å². The zero-order valence-electron chi connectivity index (χ0n) is 14.0. The van der Waals surface area contributed by atoms with Crippen LogP contribution in [-0.2, 0) is 6.54 Å². The molecule has 3 rings (SSSR count). The van der Waals surface area contributed by atoms with Crippen LogP contribution in [0.2, 0.25) is 0 Å². The number of thioether (sulfide) groups is 1. The highest BCUT2D eigenvalue weighted by molar-refractivity contribution is 7.99. The van der Waals surface area contributed by atoms with Gasteiger partial charge in [-0.3, -0.25) is 4.99 Å². The van der Waals surface area contributed by atoms with Crippen LogP contribution >= 0.6 is 11.8 Å². The molecule has 2 unspecified atom stereocenters. The normalized spacial score (nSPS) is 21.8. The van der Waals surface area contributed by atoms with Crippen molar-refractivity contribution in [1.29, 1.82) is 0 Å². The lowest BCUT2D eigenvalue weighted by Gasteiger charge is -2.16. The summed E-state index contributed by atoms with van der Waals surface area (Å²) in [5.74, 6) is 0.866. The van der Waals surface area contributed by atoms with Crippen LogP contribution in [0, 0.1) is 6.92 Å². The van der Waals surface area contributed by atoms with E-state index in [1.165, 1.54) is 25.0 Å². The number of aliphatic imine (C=N–C) groups is 1. The fourth-order valence-electron chi connectivity index (χ4n) is 3.13. The number of fused-ring (bicyclic) bond motifs is 1. The van der Waals surface area contributed by atoms with Gasteiger partial charge in [-0.05, 0) is 44.6 Å². The Kier molecular flexibility index (Phi) is 5.10. The van der Waals surface area contributed by atoms with Crippen LogP contribution in [0.15, 0.2) is 29.4 Å². The van der Waals surface area contributed by atoms with Crippen molar-refractivity contribution in [3.05, 3.63) is 35.8 Å². The molecule has 2 N–H and O–H groups in total. The predicted octanol–water partition coefficient (Wildman–Crippen LogP) is 2.59. The van der Waals surface area contributed by atoms with Crippen LogP contribution in [0.1, 0.15) is 30.7 Å². The zero-order chi connectivity index (χ0) is 16.2. The standard InChI is InChI=1S/C17H25N5S/c1-12-5-4-6-16-20-14(11-22(12)16)10-19-17(18-2)21-13-7-8-15(9-13)23-3/h4-6,11,13,15H,7-10H2,1-3H3,(H2,18,19,21). The summed E-state index contributed by atoms with van der Waals surface area (Å²) in [7, 11) is 1.82. The SMILES string of the molecule is CN=C(NCc1cn2c(C)cccc2n1)NC1CCC(SC)C1. The molecule has 0 saturated heterocycles. The van der Waals surface area contributed by atoms with E-state index in [9.17, 15) is 0 Å². The van der Waals surface area contributed by atoms with Gasteiger partial charge >= 0.3 is 0 Å². The van der Waals surface area contributed by atoms with E-state index in [1.54, 1.807) is 0 Å². The molecule has 6 heteroatoms. The molecule has 0 spiro atoms. The molecule has 1 aliphatic rings. The van der Waals surface area contributed by atoms with Crippen LogP contribution in [0.3, 0.4) is 0 Å². The number of aromatic nitrogens is 2. The molecule has 1 fully saturated rings. The number of rotatable bonds is 4. The minimum absolute atomic E-state index is 0.530. The largest absolute Gasteiger partial charge is 0.354 e. The highest BCUT2D eigenvalue weighted by Crippen LogP contribution is 2.27. The molecule has 0 radical (unpaired) electrons. The second-order valence-electron chi connectivity index (χ2n) is 6.07. The number of guanidine groups is 1. The second-order valence-corrected chi connectivity index (χ2v) is 7.20. The van der Waals surface area contributed by atoms with Gasteiger partial charge < -0.3 is 15.0 Å². The van der Waals surface area contributed by atoms with Gasteiger partial charge in [0.25, 0.3) is 0 Å². The Balaban J connectivity index is 1.58. The molecular formula is C17H25N5S. The molecule has 2 atom stereocenters. The Bertz CT molecular complexity index is 693. The van der Waals surface area contributed by atoms with E-state index < -0.39 is 0 Å². The van der Waals surface area contributed by atoms with Crippen LogP contribution in [0.25, 0.3) is 5.65 Å². The van der Waals surface area contributed by atoms with Crippen molar-refractivity contribution >= 4 is 23.4 Å². The molecule has 2 heterocycles. The third kappa shape index (κ3) is 3.80. The molecule has 0 amide bonds. The van der Waals surface area contributed by atoms with Crippen molar-refractivity contribution < 1.29 is 0 Å². The molecule has 2 aromatic heterocycles. The first-order valence-corrected chi connectivity index (χ1v) is 9.42. The van der Waals surface area contributed by atoms with Crippen molar-refractivity contribution in [2.24, 2.45) is 4.99 Å². The number of aryl methyl sites for hydroxylation is 1. The summed E-state index contributed by atoms with van der Waals surface area (Å²) < 4.78 is 2.12. The maximum absolute atomic E-state index is 4.65. The van der Waals surface area contributed by atoms with Crippen molar-refractivity contribution in [3.8, 4) is 0 Å². The van der Waals surface area contributed by atoms with Crippen molar-refractivity contribution in [2.75, 3.05) is 13.3 Å². The third-order valence-corrected chi connectivity index (χ3v) is 5.56. The first-order chi connectivity index (χ1) is 11.2. The Morgan fingerprint density at radius 2 is 2.30 bits per heavy atom. The number of nitrogens with one attached hydrogen (secondary N) is 2. The molecule has 5 nitrogen and oxygen atoms in total. The van der Waals surface area contributed by atoms with Crippen molar-refractivity contribution in [3.63, 3.8) is 0 Å². The smallest absolute Gasteiger partial charge is 0.191 e. The van der Waals surface area contributed by atoms with Gasteiger partial charge in [0.2, 0.25) is 0 Å². The summed E-state index contributed by atoms with van der Waals surface area (Å²) in [5, 5.41) is 7.70. The van der Waals surface area contributed by atoms with Gasteiger partial charge in [-0.25, -0.2) is 4.98 Å². The molecule has 1 aliphatic carbocycles. The lowest BCUT2D eigenvalue weighted by Crippen LogP contribution is -2.42. The molecular weight excluding hydrogens is 306 g/mol. The average Bonchev–Trinajstić information content (AvgIpc) is 3.18. The highest BCUT2D eigenvalue weighted by atomic mass is 32.2. The van der Waals surface area contributed by atoms with E-state index in [-0.39, 0.29) is 0 Å². The van der Waals surface area contributed by atoms with Crippen LogP contribution in [0.5, 0.6) is 0 Å². The molecule has 23 heavy (non-hydrogen) atoms. The summed E-state index contributed by atoms with van der Waals surface area (Å²) in [5.41, 5.74) is 3.21. The lowest BCUT2D eigenvalue weighted by molar-refractivity contribution is 0.614.